The summed E-state index contributed by atoms with van der Waals surface area (Å²) >= 11 is 11.9. The van der Waals surface area contributed by atoms with E-state index in [-0.39, 0.29) is 0 Å². The Bertz CT molecular complexity index is 739. The van der Waals surface area contributed by atoms with E-state index >= 15 is 0 Å². The Morgan fingerprint density at radius 3 is 2.58 bits per heavy atom. The molecule has 0 fully saturated rings. The molecule has 2 nitrogen and oxygen atoms in total. The monoisotopic (exact) mass is 288 g/mol. The molecule has 0 atom stereocenters. The number of hydrogen-bond donors (Lipinski definition) is 1. The molecule has 19 heavy (non-hydrogen) atoms. The van der Waals surface area contributed by atoms with Gasteiger partial charge in [-0.2, -0.15) is 0 Å². The zero-order valence-corrected chi connectivity index (χ0v) is 11.4. The van der Waals surface area contributed by atoms with Crippen molar-refractivity contribution in [2.75, 3.05) is 0 Å². The van der Waals surface area contributed by atoms with Crippen LogP contribution in [-0.4, -0.2) is 11.2 Å². The maximum atomic E-state index is 5.94. The number of hydrogen-bond acceptors (Lipinski definition) is 1. The highest BCUT2D eigenvalue weighted by Gasteiger charge is 2.00. The normalized spacial score (nSPS) is 11.5. The van der Waals surface area contributed by atoms with Crippen molar-refractivity contribution in [3.8, 4) is 0 Å². The van der Waals surface area contributed by atoms with Crippen molar-refractivity contribution < 1.29 is 0 Å². The van der Waals surface area contributed by atoms with Crippen LogP contribution in [0.1, 0.15) is 5.56 Å². The number of para-hydroxylation sites is 1. The fourth-order valence-electron chi connectivity index (χ4n) is 1.97. The van der Waals surface area contributed by atoms with Crippen molar-refractivity contribution in [1.29, 1.82) is 0 Å². The van der Waals surface area contributed by atoms with Gasteiger partial charge in [-0.3, -0.25) is 4.99 Å². The number of nitrogens with zero attached hydrogens (tertiary/aromatic N) is 1. The number of H-pyrrole nitrogens is 1. The van der Waals surface area contributed by atoms with E-state index < -0.39 is 0 Å². The molecule has 0 radical (unpaired) electrons. The van der Waals surface area contributed by atoms with Crippen LogP contribution < -0.4 is 0 Å². The number of benzene rings is 2. The van der Waals surface area contributed by atoms with Crippen LogP contribution in [0.2, 0.25) is 10.0 Å². The van der Waals surface area contributed by atoms with Crippen molar-refractivity contribution >= 4 is 46.0 Å². The SMILES string of the molecule is Clc1cc(Cl)cc(N=Cc2cccc3cc[nH]c23)c1. The molecular weight excluding hydrogens is 279 g/mol. The lowest BCUT2D eigenvalue weighted by Gasteiger charge is -1.98. The number of aromatic amines is 1. The molecule has 0 saturated heterocycles. The van der Waals surface area contributed by atoms with Gasteiger partial charge in [0.25, 0.3) is 0 Å². The van der Waals surface area contributed by atoms with Crippen LogP contribution in [0.25, 0.3) is 10.9 Å². The minimum absolute atomic E-state index is 0.581. The molecular formula is C15H10Cl2N2. The highest BCUT2D eigenvalue weighted by Crippen LogP contribution is 2.25. The Labute approximate surface area is 120 Å². The van der Waals surface area contributed by atoms with E-state index in [1.807, 2.05) is 24.4 Å². The van der Waals surface area contributed by atoms with E-state index in [0.717, 1.165) is 22.2 Å². The van der Waals surface area contributed by atoms with Gasteiger partial charge < -0.3 is 4.98 Å². The molecule has 0 aliphatic heterocycles. The van der Waals surface area contributed by atoms with Crippen LogP contribution in [0.15, 0.2) is 53.7 Å². The van der Waals surface area contributed by atoms with E-state index in [0.29, 0.717) is 10.0 Å². The molecule has 0 spiro atoms. The van der Waals surface area contributed by atoms with Gasteiger partial charge >= 0.3 is 0 Å². The smallest absolute Gasteiger partial charge is 0.0659 e. The van der Waals surface area contributed by atoms with Crippen LogP contribution in [0, 0.1) is 0 Å². The second kappa shape index (κ2) is 5.08. The third kappa shape index (κ3) is 2.65. The number of aliphatic imine (C=N–C) groups is 1. The maximum Gasteiger partial charge on any atom is 0.0659 e. The first-order valence-electron chi connectivity index (χ1n) is 5.79. The first-order chi connectivity index (χ1) is 9.22. The molecule has 0 unspecified atom stereocenters. The van der Waals surface area contributed by atoms with Gasteiger partial charge in [-0.25, -0.2) is 0 Å². The largest absolute Gasteiger partial charge is 0.361 e. The summed E-state index contributed by atoms with van der Waals surface area (Å²) in [6, 6.07) is 13.3. The van der Waals surface area contributed by atoms with Gasteiger partial charge in [-0.15, -0.1) is 0 Å². The summed E-state index contributed by atoms with van der Waals surface area (Å²) in [6.45, 7) is 0. The van der Waals surface area contributed by atoms with E-state index in [1.54, 1.807) is 24.4 Å². The fraction of sp³-hybridized carbons (Fsp3) is 0. The molecule has 1 N–H and O–H groups in total. The maximum absolute atomic E-state index is 5.94. The molecule has 3 aromatic rings. The van der Waals surface area contributed by atoms with E-state index in [2.05, 4.69) is 16.0 Å². The summed E-state index contributed by atoms with van der Waals surface area (Å²) in [7, 11) is 0. The predicted octanol–water partition coefficient (Wildman–Crippen LogP) is 5.23. The van der Waals surface area contributed by atoms with Crippen LogP contribution >= 0.6 is 23.2 Å². The molecule has 1 aromatic heterocycles. The van der Waals surface area contributed by atoms with Crippen molar-refractivity contribution in [2.45, 2.75) is 0 Å². The Kier molecular flexibility index (Phi) is 3.28. The zero-order valence-electron chi connectivity index (χ0n) is 9.90. The molecule has 3 rings (SSSR count). The lowest BCUT2D eigenvalue weighted by atomic mass is 10.1. The van der Waals surface area contributed by atoms with Gasteiger partial charge in [-0.1, -0.05) is 41.4 Å². The summed E-state index contributed by atoms with van der Waals surface area (Å²) in [4.78, 5) is 7.62. The average Bonchev–Trinajstić information content (AvgIpc) is 2.83. The topological polar surface area (TPSA) is 28.1 Å². The quantitative estimate of drug-likeness (QED) is 0.626. The number of nitrogens with one attached hydrogen (secondary N) is 1. The number of rotatable bonds is 2. The lowest BCUT2D eigenvalue weighted by Crippen LogP contribution is -1.82. The van der Waals surface area contributed by atoms with Crippen molar-refractivity contribution in [3.63, 3.8) is 0 Å². The molecule has 0 bridgehead atoms. The molecule has 0 amide bonds. The van der Waals surface area contributed by atoms with Gasteiger partial charge in [0.05, 0.1) is 11.2 Å². The number of fused-ring (bicyclic) bond motifs is 1. The average molecular weight is 289 g/mol. The molecule has 0 aliphatic rings. The highest BCUT2D eigenvalue weighted by atomic mass is 35.5. The van der Waals surface area contributed by atoms with E-state index in [4.69, 9.17) is 23.2 Å². The minimum Gasteiger partial charge on any atom is -0.361 e. The predicted molar refractivity (Wildman–Crippen MR) is 82.0 cm³/mol. The Hall–Kier alpha value is -1.77. The molecule has 4 heteroatoms. The second-order valence-corrected chi connectivity index (χ2v) is 5.05. The number of aromatic nitrogens is 1. The first-order valence-corrected chi connectivity index (χ1v) is 6.54. The summed E-state index contributed by atoms with van der Waals surface area (Å²) in [5, 5.41) is 2.32. The van der Waals surface area contributed by atoms with Gasteiger partial charge in [0.15, 0.2) is 0 Å². The molecule has 0 saturated carbocycles. The second-order valence-electron chi connectivity index (χ2n) is 4.17. The summed E-state index contributed by atoms with van der Waals surface area (Å²) in [5.41, 5.74) is 2.83. The molecule has 1 heterocycles. The molecule has 94 valence electrons. The van der Waals surface area contributed by atoms with Crippen LogP contribution in [0.3, 0.4) is 0 Å². The van der Waals surface area contributed by atoms with Crippen molar-refractivity contribution in [1.82, 2.24) is 4.98 Å². The van der Waals surface area contributed by atoms with E-state index in [1.165, 1.54) is 0 Å². The highest BCUT2D eigenvalue weighted by molar-refractivity contribution is 6.35. The van der Waals surface area contributed by atoms with Crippen molar-refractivity contribution in [2.24, 2.45) is 4.99 Å². The summed E-state index contributed by atoms with van der Waals surface area (Å²) < 4.78 is 0. The van der Waals surface area contributed by atoms with Gasteiger partial charge in [0.2, 0.25) is 0 Å². The molecule has 0 aliphatic carbocycles. The third-order valence-electron chi connectivity index (χ3n) is 2.82. The molecule has 2 aromatic carbocycles. The zero-order chi connectivity index (χ0) is 13.2. The standard InChI is InChI=1S/C15H10Cl2N2/c16-12-6-13(17)8-14(7-12)19-9-11-3-1-2-10-4-5-18-15(10)11/h1-9,18H. The number of halogens is 2. The van der Waals surface area contributed by atoms with Crippen molar-refractivity contribution in [3.05, 3.63) is 64.3 Å². The minimum atomic E-state index is 0.581. The van der Waals surface area contributed by atoms with Gasteiger partial charge in [-0.05, 0) is 24.3 Å². The Morgan fingerprint density at radius 2 is 1.79 bits per heavy atom. The third-order valence-corrected chi connectivity index (χ3v) is 3.26. The van der Waals surface area contributed by atoms with Crippen LogP contribution in [0.5, 0.6) is 0 Å². The Balaban J connectivity index is 2.00. The first kappa shape index (κ1) is 12.3. The summed E-state index contributed by atoms with van der Waals surface area (Å²) in [5.74, 6) is 0. The van der Waals surface area contributed by atoms with Gasteiger partial charge in [0, 0.05) is 33.4 Å². The van der Waals surface area contributed by atoms with Gasteiger partial charge in [0.1, 0.15) is 0 Å². The van der Waals surface area contributed by atoms with E-state index in [9.17, 15) is 0 Å². The lowest BCUT2D eigenvalue weighted by molar-refractivity contribution is 1.46. The Morgan fingerprint density at radius 1 is 1.00 bits per heavy atom. The fourth-order valence-corrected chi connectivity index (χ4v) is 2.49. The van der Waals surface area contributed by atoms with Crippen LogP contribution in [-0.2, 0) is 0 Å². The summed E-state index contributed by atoms with van der Waals surface area (Å²) in [6.07, 6.45) is 3.72. The van der Waals surface area contributed by atoms with Crippen LogP contribution in [0.4, 0.5) is 5.69 Å².